The first-order valence-corrected chi connectivity index (χ1v) is 12.9. The van der Waals surface area contributed by atoms with Crippen LogP contribution >= 0.6 is 0 Å². The number of nitrogens with zero attached hydrogens (tertiary/aromatic N) is 2. The Hall–Kier alpha value is -3.61. The summed E-state index contributed by atoms with van der Waals surface area (Å²) in [6.45, 7) is 3.72. The molecule has 5 heterocycles. The van der Waals surface area contributed by atoms with Crippen LogP contribution in [0.25, 0.3) is 21.9 Å². The molecule has 0 saturated carbocycles. The molecule has 0 N–H and O–H groups in total. The van der Waals surface area contributed by atoms with E-state index in [-0.39, 0.29) is 29.7 Å². The quantitative estimate of drug-likeness (QED) is 0.400. The highest BCUT2D eigenvalue weighted by Gasteiger charge is 2.36. The normalized spacial score (nSPS) is 21.0. The van der Waals surface area contributed by atoms with E-state index in [2.05, 4.69) is 6.07 Å². The lowest BCUT2D eigenvalue weighted by molar-refractivity contribution is -0.133. The number of fused-ring (bicyclic) bond motifs is 8. The third-order valence-electron chi connectivity index (χ3n) is 8.52. The van der Waals surface area contributed by atoms with E-state index in [1.54, 1.807) is 12.1 Å². The number of likely N-dealkylation sites (tertiary alicyclic amines) is 1. The number of amides is 1. The minimum absolute atomic E-state index is 0.0205. The molecule has 7 rings (SSSR count). The van der Waals surface area contributed by atoms with Crippen LogP contribution in [0.2, 0.25) is 0 Å². The van der Waals surface area contributed by atoms with E-state index < -0.39 is 5.63 Å². The highest BCUT2D eigenvalue weighted by Crippen LogP contribution is 2.37. The molecule has 3 aliphatic rings. The SMILES string of the molecule is Cc1c(CC(=O)N2CC3CC(C2)c2cccc(=O)n2C3)c(=O)oc2cc3oc4c(c3cc12)CCCC4. The summed E-state index contributed by atoms with van der Waals surface area (Å²) in [4.78, 5) is 40.6. The van der Waals surface area contributed by atoms with Crippen molar-refractivity contribution in [3.8, 4) is 0 Å². The summed E-state index contributed by atoms with van der Waals surface area (Å²) < 4.78 is 13.6. The number of aromatic nitrogens is 1. The van der Waals surface area contributed by atoms with Gasteiger partial charge in [-0.1, -0.05) is 6.07 Å². The number of carbonyl (C=O) groups is 1. The van der Waals surface area contributed by atoms with Gasteiger partial charge in [0.1, 0.15) is 16.9 Å². The second-order valence-electron chi connectivity index (χ2n) is 10.7. The van der Waals surface area contributed by atoms with Crippen molar-refractivity contribution in [3.63, 3.8) is 0 Å². The van der Waals surface area contributed by atoms with Gasteiger partial charge in [-0.25, -0.2) is 4.79 Å². The zero-order chi connectivity index (χ0) is 24.6. The van der Waals surface area contributed by atoms with Crippen LogP contribution in [0.15, 0.2) is 48.8 Å². The van der Waals surface area contributed by atoms with Gasteiger partial charge in [-0.15, -0.1) is 0 Å². The van der Waals surface area contributed by atoms with E-state index in [9.17, 15) is 14.4 Å². The molecule has 1 aliphatic carbocycles. The number of hydrogen-bond acceptors (Lipinski definition) is 5. The van der Waals surface area contributed by atoms with Gasteiger partial charge in [0.05, 0.1) is 12.0 Å². The van der Waals surface area contributed by atoms with E-state index in [0.717, 1.165) is 65.5 Å². The van der Waals surface area contributed by atoms with Crippen molar-refractivity contribution < 1.29 is 13.6 Å². The van der Waals surface area contributed by atoms with E-state index in [1.807, 2.05) is 28.5 Å². The van der Waals surface area contributed by atoms with E-state index in [1.165, 1.54) is 5.56 Å². The number of rotatable bonds is 2. The van der Waals surface area contributed by atoms with Gasteiger partial charge in [0, 0.05) is 66.1 Å². The molecule has 2 unspecified atom stereocenters. The minimum atomic E-state index is -0.460. The van der Waals surface area contributed by atoms with Gasteiger partial charge in [0.25, 0.3) is 5.56 Å². The molecule has 3 aromatic heterocycles. The molecule has 7 heteroatoms. The number of furan rings is 1. The number of benzene rings is 1. The van der Waals surface area contributed by atoms with Crippen LogP contribution < -0.4 is 11.2 Å². The van der Waals surface area contributed by atoms with Gasteiger partial charge >= 0.3 is 5.63 Å². The van der Waals surface area contributed by atoms with Crippen LogP contribution in [-0.2, 0) is 30.6 Å². The first-order valence-electron chi connectivity index (χ1n) is 12.9. The molecule has 2 aliphatic heterocycles. The number of aryl methyl sites for hydroxylation is 3. The molecule has 1 amide bonds. The van der Waals surface area contributed by atoms with Crippen molar-refractivity contribution in [2.75, 3.05) is 13.1 Å². The molecule has 36 heavy (non-hydrogen) atoms. The lowest BCUT2D eigenvalue weighted by Gasteiger charge is -2.42. The molecule has 2 atom stereocenters. The van der Waals surface area contributed by atoms with Gasteiger partial charge in [0.15, 0.2) is 0 Å². The topological polar surface area (TPSA) is 85.7 Å². The van der Waals surface area contributed by atoms with Gasteiger partial charge < -0.3 is 18.3 Å². The summed E-state index contributed by atoms with van der Waals surface area (Å²) >= 11 is 0. The molecular weight excluding hydrogens is 456 g/mol. The second-order valence-corrected chi connectivity index (χ2v) is 10.7. The molecule has 184 valence electrons. The zero-order valence-corrected chi connectivity index (χ0v) is 20.3. The van der Waals surface area contributed by atoms with Gasteiger partial charge in [-0.2, -0.15) is 0 Å². The van der Waals surface area contributed by atoms with Crippen molar-refractivity contribution in [1.29, 1.82) is 0 Å². The fourth-order valence-electron chi connectivity index (χ4n) is 6.71. The number of hydrogen-bond donors (Lipinski definition) is 0. The molecule has 1 aromatic carbocycles. The van der Waals surface area contributed by atoms with Gasteiger partial charge in [-0.05, 0) is 56.2 Å². The third-order valence-corrected chi connectivity index (χ3v) is 8.52. The Kier molecular flexibility index (Phi) is 4.78. The predicted octanol–water partition coefficient (Wildman–Crippen LogP) is 4.08. The second kappa shape index (κ2) is 7.95. The van der Waals surface area contributed by atoms with Crippen molar-refractivity contribution in [2.45, 2.75) is 57.9 Å². The molecule has 1 saturated heterocycles. The molecule has 0 radical (unpaired) electrons. The minimum Gasteiger partial charge on any atom is -0.461 e. The van der Waals surface area contributed by atoms with E-state index in [0.29, 0.717) is 30.8 Å². The van der Waals surface area contributed by atoms with Crippen LogP contribution in [0, 0.1) is 12.8 Å². The maximum atomic E-state index is 13.4. The Morgan fingerprint density at radius 2 is 1.83 bits per heavy atom. The summed E-state index contributed by atoms with van der Waals surface area (Å²) in [6.07, 6.45) is 5.23. The molecule has 0 spiro atoms. The molecular formula is C29H28N2O5. The first kappa shape index (κ1) is 21.7. The number of piperidine rings is 1. The Balaban J connectivity index is 1.21. The summed E-state index contributed by atoms with van der Waals surface area (Å²) in [5.41, 5.74) is 4.33. The van der Waals surface area contributed by atoms with E-state index in [4.69, 9.17) is 8.83 Å². The average Bonchev–Trinajstić information content (AvgIpc) is 3.23. The third kappa shape index (κ3) is 3.29. The summed E-state index contributed by atoms with van der Waals surface area (Å²) in [5.74, 6) is 1.37. The maximum absolute atomic E-state index is 13.4. The summed E-state index contributed by atoms with van der Waals surface area (Å²) in [6, 6.07) is 9.29. The number of carbonyl (C=O) groups excluding carboxylic acids is 1. The first-order chi connectivity index (χ1) is 17.5. The molecule has 7 nitrogen and oxygen atoms in total. The van der Waals surface area contributed by atoms with Crippen LogP contribution in [-0.4, -0.2) is 28.5 Å². The number of pyridine rings is 1. The van der Waals surface area contributed by atoms with Crippen LogP contribution in [0.1, 0.15) is 53.3 Å². The zero-order valence-electron chi connectivity index (χ0n) is 20.3. The highest BCUT2D eigenvalue weighted by atomic mass is 16.4. The summed E-state index contributed by atoms with van der Waals surface area (Å²) in [7, 11) is 0. The van der Waals surface area contributed by atoms with Crippen molar-refractivity contribution in [2.24, 2.45) is 5.92 Å². The predicted molar refractivity (Wildman–Crippen MR) is 135 cm³/mol. The van der Waals surface area contributed by atoms with Crippen molar-refractivity contribution >= 4 is 27.8 Å². The largest absolute Gasteiger partial charge is 0.461 e. The van der Waals surface area contributed by atoms with Crippen LogP contribution in [0.5, 0.6) is 0 Å². The Labute approximate surface area is 207 Å². The fraction of sp³-hybridized carbons (Fsp3) is 0.414. The molecule has 1 fully saturated rings. The van der Waals surface area contributed by atoms with Crippen LogP contribution in [0.4, 0.5) is 0 Å². The Bertz CT molecular complexity index is 1670. The highest BCUT2D eigenvalue weighted by molar-refractivity contribution is 5.97. The Morgan fingerprint density at radius 1 is 1.00 bits per heavy atom. The van der Waals surface area contributed by atoms with Crippen molar-refractivity contribution in [3.05, 3.63) is 79.3 Å². The lowest BCUT2D eigenvalue weighted by Crippen LogP contribution is -2.49. The van der Waals surface area contributed by atoms with Crippen LogP contribution in [0.3, 0.4) is 0 Å². The fourth-order valence-corrected chi connectivity index (χ4v) is 6.71. The van der Waals surface area contributed by atoms with Gasteiger partial charge in [0.2, 0.25) is 5.91 Å². The maximum Gasteiger partial charge on any atom is 0.340 e. The van der Waals surface area contributed by atoms with E-state index >= 15 is 0 Å². The van der Waals surface area contributed by atoms with Gasteiger partial charge in [-0.3, -0.25) is 9.59 Å². The monoisotopic (exact) mass is 484 g/mol. The Morgan fingerprint density at radius 3 is 2.72 bits per heavy atom. The lowest BCUT2D eigenvalue weighted by atomic mass is 9.83. The standard InChI is InChI=1S/C29H28N2O5/c1-16-20-10-22-19-5-2-3-7-24(19)35-26(22)12-25(20)36-29(34)21(16)11-28(33)30-13-17-9-18(15-30)23-6-4-8-27(32)31(23)14-17/h4,6,8,10,12,17-18H,2-3,5,7,9,11,13-15H2,1H3. The molecule has 4 aromatic rings. The smallest absolute Gasteiger partial charge is 0.340 e. The molecule has 2 bridgehead atoms. The average molecular weight is 485 g/mol. The summed E-state index contributed by atoms with van der Waals surface area (Å²) in [5, 5.41) is 1.95. The van der Waals surface area contributed by atoms with Crippen molar-refractivity contribution in [1.82, 2.24) is 9.47 Å².